The third-order valence-corrected chi connectivity index (χ3v) is 5.50. The molecule has 142 valence electrons. The first kappa shape index (κ1) is 20.0. The number of aromatic nitrogens is 1. The molecule has 5 nitrogen and oxygen atoms in total. The molecule has 0 radical (unpaired) electrons. The number of nitrogens with one attached hydrogen (secondary N) is 2. The summed E-state index contributed by atoms with van der Waals surface area (Å²) < 4.78 is 0. The molecule has 2 heterocycles. The molecule has 1 aliphatic heterocycles. The molecular weight excluding hydrogens is 392 g/mol. The monoisotopic (exact) mass is 410 g/mol. The molecule has 0 saturated carbocycles. The number of rotatable bonds is 4. The Bertz CT molecular complexity index is 1020. The number of thiazole rings is 1. The Balaban J connectivity index is 0.00000225. The maximum Gasteiger partial charge on any atom is 0.257 e. The summed E-state index contributed by atoms with van der Waals surface area (Å²) in [4.78, 5) is 17.9. The van der Waals surface area contributed by atoms with Crippen LogP contribution in [-0.4, -0.2) is 17.4 Å². The van der Waals surface area contributed by atoms with Gasteiger partial charge in [-0.25, -0.2) is 4.98 Å². The van der Waals surface area contributed by atoms with Gasteiger partial charge in [0.05, 0.1) is 11.6 Å². The average Bonchev–Trinajstić information content (AvgIpc) is 3.15. The van der Waals surface area contributed by atoms with E-state index in [0.29, 0.717) is 16.3 Å². The minimum Gasteiger partial charge on any atom is -0.312 e. The molecule has 0 bridgehead atoms. The van der Waals surface area contributed by atoms with Crippen LogP contribution < -0.4 is 10.6 Å². The number of nitrogens with zero attached hydrogens (tertiary/aromatic N) is 2. The normalized spacial score (nSPS) is 12.4. The molecular formula is C21H19ClN4OS. The van der Waals surface area contributed by atoms with Crippen LogP contribution in [0.3, 0.4) is 0 Å². The molecule has 4 rings (SSSR count). The lowest BCUT2D eigenvalue weighted by molar-refractivity contribution is 0.102. The molecule has 0 fully saturated rings. The van der Waals surface area contributed by atoms with Crippen LogP contribution in [0, 0.1) is 11.3 Å². The maximum absolute atomic E-state index is 12.5. The highest BCUT2D eigenvalue weighted by Crippen LogP contribution is 2.23. The number of amides is 1. The molecule has 1 aliphatic rings. The fraction of sp³-hybridized carbons (Fsp3) is 0.190. The zero-order valence-corrected chi connectivity index (χ0v) is 16.7. The molecule has 2 aromatic carbocycles. The van der Waals surface area contributed by atoms with Gasteiger partial charge in [0.25, 0.3) is 5.91 Å². The van der Waals surface area contributed by atoms with Crippen LogP contribution in [0.1, 0.15) is 37.5 Å². The van der Waals surface area contributed by atoms with Gasteiger partial charge in [0.15, 0.2) is 5.13 Å². The second-order valence-corrected chi connectivity index (χ2v) is 7.60. The van der Waals surface area contributed by atoms with Gasteiger partial charge in [-0.2, -0.15) is 5.26 Å². The summed E-state index contributed by atoms with van der Waals surface area (Å²) in [6, 6.07) is 15.5. The third kappa shape index (κ3) is 4.57. The van der Waals surface area contributed by atoms with Crippen LogP contribution in [0.25, 0.3) is 0 Å². The fourth-order valence-corrected chi connectivity index (χ4v) is 3.97. The number of fused-ring (bicyclic) bond motifs is 1. The Morgan fingerprint density at radius 1 is 1.21 bits per heavy atom. The summed E-state index contributed by atoms with van der Waals surface area (Å²) in [5.74, 6) is -0.129. The summed E-state index contributed by atoms with van der Waals surface area (Å²) in [7, 11) is 0. The summed E-state index contributed by atoms with van der Waals surface area (Å²) in [5, 5.41) is 15.7. The molecule has 0 spiro atoms. The van der Waals surface area contributed by atoms with Crippen molar-refractivity contribution in [1.82, 2.24) is 10.3 Å². The van der Waals surface area contributed by atoms with Crippen molar-refractivity contribution in [3.63, 3.8) is 0 Å². The molecule has 0 atom stereocenters. The first-order chi connectivity index (χ1) is 13.2. The Morgan fingerprint density at radius 2 is 2.04 bits per heavy atom. The van der Waals surface area contributed by atoms with E-state index in [4.69, 9.17) is 5.26 Å². The fourth-order valence-electron chi connectivity index (χ4n) is 3.13. The van der Waals surface area contributed by atoms with Gasteiger partial charge in [-0.15, -0.1) is 23.7 Å². The van der Waals surface area contributed by atoms with E-state index in [1.54, 1.807) is 6.20 Å². The van der Waals surface area contributed by atoms with Crippen LogP contribution in [0.2, 0.25) is 0 Å². The van der Waals surface area contributed by atoms with Crippen molar-refractivity contribution in [2.45, 2.75) is 19.4 Å². The van der Waals surface area contributed by atoms with Crippen molar-refractivity contribution in [3.05, 3.63) is 81.4 Å². The Hall–Kier alpha value is -2.72. The van der Waals surface area contributed by atoms with Gasteiger partial charge in [0.2, 0.25) is 0 Å². The minimum atomic E-state index is -0.129. The van der Waals surface area contributed by atoms with Crippen molar-refractivity contribution >= 4 is 34.8 Å². The van der Waals surface area contributed by atoms with E-state index in [-0.39, 0.29) is 18.3 Å². The maximum atomic E-state index is 12.5. The largest absolute Gasteiger partial charge is 0.312 e. The van der Waals surface area contributed by atoms with Gasteiger partial charge in [-0.3, -0.25) is 10.1 Å². The molecule has 7 heteroatoms. The number of benzene rings is 2. The van der Waals surface area contributed by atoms with E-state index in [1.165, 1.54) is 22.5 Å². The predicted molar refractivity (Wildman–Crippen MR) is 113 cm³/mol. The van der Waals surface area contributed by atoms with Crippen LogP contribution in [-0.2, 0) is 19.4 Å². The summed E-state index contributed by atoms with van der Waals surface area (Å²) in [6.45, 7) is 1.81. The lowest BCUT2D eigenvalue weighted by atomic mass is 9.98. The van der Waals surface area contributed by atoms with Gasteiger partial charge in [0.1, 0.15) is 0 Å². The van der Waals surface area contributed by atoms with Crippen LogP contribution >= 0.6 is 23.7 Å². The van der Waals surface area contributed by atoms with E-state index < -0.39 is 0 Å². The van der Waals surface area contributed by atoms with Crippen molar-refractivity contribution in [2.75, 3.05) is 11.9 Å². The second-order valence-electron chi connectivity index (χ2n) is 6.48. The number of anilines is 1. The number of hydrogen-bond donors (Lipinski definition) is 2. The smallest absolute Gasteiger partial charge is 0.257 e. The topological polar surface area (TPSA) is 77.8 Å². The Kier molecular flexibility index (Phi) is 6.42. The van der Waals surface area contributed by atoms with Crippen molar-refractivity contribution in [1.29, 1.82) is 5.26 Å². The highest BCUT2D eigenvalue weighted by atomic mass is 35.5. The van der Waals surface area contributed by atoms with E-state index in [9.17, 15) is 4.79 Å². The summed E-state index contributed by atoms with van der Waals surface area (Å²) >= 11 is 1.47. The number of hydrogen-bond acceptors (Lipinski definition) is 5. The zero-order valence-electron chi connectivity index (χ0n) is 15.1. The molecule has 1 aromatic heterocycles. The highest BCUT2D eigenvalue weighted by Gasteiger charge is 2.14. The molecule has 1 amide bonds. The van der Waals surface area contributed by atoms with Gasteiger partial charge in [-0.1, -0.05) is 18.2 Å². The van der Waals surface area contributed by atoms with Crippen LogP contribution in [0.15, 0.2) is 48.7 Å². The molecule has 0 saturated heterocycles. The Morgan fingerprint density at radius 3 is 2.82 bits per heavy atom. The minimum absolute atomic E-state index is 0. The van der Waals surface area contributed by atoms with E-state index in [2.05, 4.69) is 21.7 Å². The third-order valence-electron chi connectivity index (χ3n) is 4.59. The number of nitriles is 1. The molecule has 0 unspecified atom stereocenters. The average molecular weight is 411 g/mol. The Labute approximate surface area is 173 Å². The lowest BCUT2D eigenvalue weighted by Crippen LogP contribution is -2.24. The van der Waals surface area contributed by atoms with Crippen molar-refractivity contribution in [3.8, 4) is 6.07 Å². The van der Waals surface area contributed by atoms with Gasteiger partial charge < -0.3 is 5.32 Å². The summed E-state index contributed by atoms with van der Waals surface area (Å²) in [6.07, 6.45) is 3.46. The highest BCUT2D eigenvalue weighted by molar-refractivity contribution is 7.15. The number of carbonyl (C=O) groups excluding carboxylic acids is 1. The quantitative estimate of drug-likeness (QED) is 0.683. The first-order valence-corrected chi connectivity index (χ1v) is 9.60. The summed E-state index contributed by atoms with van der Waals surface area (Å²) in [5.41, 5.74) is 4.92. The van der Waals surface area contributed by atoms with Crippen molar-refractivity contribution < 1.29 is 4.79 Å². The molecule has 3 aromatic rings. The van der Waals surface area contributed by atoms with Crippen LogP contribution in [0.5, 0.6) is 0 Å². The SMILES string of the molecule is Cl.N#Cc1ccc(Cc2cnc(NC(=O)c3ccc4c(c3)CCNC4)s2)cc1. The second kappa shape index (κ2) is 8.98. The van der Waals surface area contributed by atoms with Crippen LogP contribution in [0.4, 0.5) is 5.13 Å². The van der Waals surface area contributed by atoms with Crippen molar-refractivity contribution in [2.24, 2.45) is 0 Å². The molecule has 0 aliphatic carbocycles. The number of halogens is 1. The molecule has 2 N–H and O–H groups in total. The van der Waals surface area contributed by atoms with Gasteiger partial charge >= 0.3 is 0 Å². The lowest BCUT2D eigenvalue weighted by Gasteiger charge is -2.17. The zero-order chi connectivity index (χ0) is 18.6. The standard InChI is InChI=1S/C21H18N4OS.ClH/c22-11-15-3-1-14(2-4-15)9-19-13-24-21(27-19)25-20(26)17-5-6-18-12-23-8-7-16(18)10-17;/h1-6,10,13,23H,7-9,12H2,(H,24,25,26);1H. The van der Waals surface area contributed by atoms with E-state index in [0.717, 1.165) is 36.4 Å². The first-order valence-electron chi connectivity index (χ1n) is 8.79. The number of carbonyl (C=O) groups is 1. The van der Waals surface area contributed by atoms with E-state index >= 15 is 0 Å². The van der Waals surface area contributed by atoms with E-state index in [1.807, 2.05) is 42.5 Å². The van der Waals surface area contributed by atoms with Gasteiger partial charge in [0, 0.05) is 29.6 Å². The van der Waals surface area contributed by atoms with Gasteiger partial charge in [-0.05, 0) is 53.9 Å². The predicted octanol–water partition coefficient (Wildman–Crippen LogP) is 3.93. The molecule has 28 heavy (non-hydrogen) atoms.